The van der Waals surface area contributed by atoms with Crippen molar-refractivity contribution in [2.24, 2.45) is 0 Å². The molecule has 0 atom stereocenters. The molecule has 0 heteroatoms. The van der Waals surface area contributed by atoms with E-state index in [-0.39, 0.29) is 14.9 Å². The number of benzene rings is 1. The molecule has 1 aromatic rings. The van der Waals surface area contributed by atoms with Gasteiger partial charge in [0.15, 0.2) is 0 Å². The maximum atomic E-state index is 2.27. The van der Waals surface area contributed by atoms with Crippen LogP contribution >= 0.6 is 0 Å². The Bertz CT molecular complexity index is 219. The monoisotopic (exact) mass is 222 g/mol. The highest BCUT2D eigenvalue weighted by atomic mass is 14.2. The third kappa shape index (κ3) is 5.34. The van der Waals surface area contributed by atoms with E-state index in [1.54, 1.807) is 5.56 Å². The predicted octanol–water partition coefficient (Wildman–Crippen LogP) is 6.03. The molecule has 1 aliphatic rings. The highest BCUT2D eigenvalue weighted by Gasteiger charge is 2.14. The maximum Gasteiger partial charge on any atom is -0.0162 e. The third-order valence-electron chi connectivity index (χ3n) is 2.88. The summed E-state index contributed by atoms with van der Waals surface area (Å²) in [5.41, 5.74) is 1.55. The van der Waals surface area contributed by atoms with E-state index in [9.17, 15) is 0 Å². The SMILES string of the molecule is C.C.CC.c1ccc(C2CCCCC2)cc1. The van der Waals surface area contributed by atoms with Gasteiger partial charge in [-0.15, -0.1) is 0 Å². The van der Waals surface area contributed by atoms with Crippen molar-refractivity contribution >= 4 is 0 Å². The summed E-state index contributed by atoms with van der Waals surface area (Å²) in [6.45, 7) is 4.00. The first-order valence-electron chi connectivity index (χ1n) is 6.02. The Morgan fingerprint density at radius 3 is 1.81 bits per heavy atom. The predicted molar refractivity (Wildman–Crippen MR) is 77.1 cm³/mol. The molecule has 16 heavy (non-hydrogen) atoms. The van der Waals surface area contributed by atoms with Crippen LogP contribution in [0.25, 0.3) is 0 Å². The van der Waals surface area contributed by atoms with Crippen molar-refractivity contribution in [3.63, 3.8) is 0 Å². The van der Waals surface area contributed by atoms with Crippen LogP contribution in [0.5, 0.6) is 0 Å². The molecule has 0 aliphatic heterocycles. The molecule has 1 aliphatic carbocycles. The van der Waals surface area contributed by atoms with Crippen molar-refractivity contribution in [2.45, 2.75) is 66.7 Å². The Hall–Kier alpha value is -0.780. The zero-order valence-corrected chi connectivity index (χ0v) is 9.50. The van der Waals surface area contributed by atoms with Gasteiger partial charge >= 0.3 is 0 Å². The van der Waals surface area contributed by atoms with E-state index in [1.807, 2.05) is 13.8 Å². The fourth-order valence-corrected chi connectivity index (χ4v) is 2.16. The molecular weight excluding hydrogens is 192 g/mol. The topological polar surface area (TPSA) is 0 Å². The lowest BCUT2D eigenvalue weighted by Gasteiger charge is -2.21. The van der Waals surface area contributed by atoms with Crippen molar-refractivity contribution in [1.82, 2.24) is 0 Å². The van der Waals surface area contributed by atoms with Gasteiger partial charge in [0.05, 0.1) is 0 Å². The van der Waals surface area contributed by atoms with Crippen molar-refractivity contribution < 1.29 is 0 Å². The van der Waals surface area contributed by atoms with Crippen LogP contribution in [0.4, 0.5) is 0 Å². The molecular formula is C16H30. The Kier molecular flexibility index (Phi) is 11.8. The van der Waals surface area contributed by atoms with E-state index >= 15 is 0 Å². The number of rotatable bonds is 1. The molecule has 0 aromatic heterocycles. The lowest BCUT2D eigenvalue weighted by Crippen LogP contribution is -2.03. The van der Waals surface area contributed by atoms with E-state index in [1.165, 1.54) is 32.1 Å². The summed E-state index contributed by atoms with van der Waals surface area (Å²) in [6, 6.07) is 11.0. The Morgan fingerprint density at radius 2 is 1.31 bits per heavy atom. The largest absolute Gasteiger partial charge is 0.0776 e. The summed E-state index contributed by atoms with van der Waals surface area (Å²) in [4.78, 5) is 0. The molecule has 0 heterocycles. The van der Waals surface area contributed by atoms with Gasteiger partial charge in [-0.05, 0) is 24.3 Å². The molecule has 0 bridgehead atoms. The van der Waals surface area contributed by atoms with Gasteiger partial charge < -0.3 is 0 Å². The van der Waals surface area contributed by atoms with E-state index in [2.05, 4.69) is 30.3 Å². The molecule has 0 amide bonds. The fraction of sp³-hybridized carbons (Fsp3) is 0.625. The van der Waals surface area contributed by atoms with Crippen LogP contribution in [0.1, 0.15) is 72.3 Å². The lowest BCUT2D eigenvalue weighted by molar-refractivity contribution is 0.443. The van der Waals surface area contributed by atoms with Gasteiger partial charge in [-0.2, -0.15) is 0 Å². The molecule has 0 radical (unpaired) electrons. The van der Waals surface area contributed by atoms with E-state index in [0.717, 1.165) is 5.92 Å². The van der Waals surface area contributed by atoms with E-state index in [4.69, 9.17) is 0 Å². The van der Waals surface area contributed by atoms with Gasteiger partial charge in [0.1, 0.15) is 0 Å². The molecule has 2 rings (SSSR count). The quantitative estimate of drug-likeness (QED) is 0.544. The minimum atomic E-state index is 0. The number of hydrogen-bond donors (Lipinski definition) is 0. The van der Waals surface area contributed by atoms with Crippen molar-refractivity contribution in [2.75, 3.05) is 0 Å². The zero-order chi connectivity index (χ0) is 10.2. The Morgan fingerprint density at radius 1 is 0.812 bits per heavy atom. The summed E-state index contributed by atoms with van der Waals surface area (Å²) >= 11 is 0. The molecule has 0 saturated heterocycles. The molecule has 0 nitrogen and oxygen atoms in total. The van der Waals surface area contributed by atoms with Crippen LogP contribution < -0.4 is 0 Å². The molecule has 1 saturated carbocycles. The average molecular weight is 222 g/mol. The fourth-order valence-electron chi connectivity index (χ4n) is 2.16. The zero-order valence-electron chi connectivity index (χ0n) is 9.50. The van der Waals surface area contributed by atoms with Crippen LogP contribution in [-0.2, 0) is 0 Å². The smallest absolute Gasteiger partial charge is 0.0162 e. The van der Waals surface area contributed by atoms with Crippen LogP contribution in [-0.4, -0.2) is 0 Å². The van der Waals surface area contributed by atoms with Crippen LogP contribution in [0.2, 0.25) is 0 Å². The van der Waals surface area contributed by atoms with Gasteiger partial charge in [-0.25, -0.2) is 0 Å². The number of hydrogen-bond acceptors (Lipinski definition) is 0. The van der Waals surface area contributed by atoms with Crippen molar-refractivity contribution in [1.29, 1.82) is 0 Å². The first kappa shape index (κ1) is 17.6. The highest BCUT2D eigenvalue weighted by molar-refractivity contribution is 5.19. The molecule has 1 aromatic carbocycles. The van der Waals surface area contributed by atoms with Gasteiger partial charge in [0.2, 0.25) is 0 Å². The summed E-state index contributed by atoms with van der Waals surface area (Å²) < 4.78 is 0. The lowest BCUT2D eigenvalue weighted by atomic mass is 9.84. The normalized spacial score (nSPS) is 14.9. The van der Waals surface area contributed by atoms with Crippen LogP contribution in [0.3, 0.4) is 0 Å². The Balaban J connectivity index is 0. The molecule has 0 N–H and O–H groups in total. The third-order valence-corrected chi connectivity index (χ3v) is 2.88. The standard InChI is InChI=1S/C12H16.C2H6.2CH4/c1-3-7-11(8-4-1)12-9-5-2-6-10-12;1-2;;/h1,3-4,7-8,12H,2,5-6,9-10H2;1-2H3;2*1H4. The second kappa shape index (κ2) is 10.7. The molecule has 0 spiro atoms. The maximum absolute atomic E-state index is 2.27. The molecule has 94 valence electrons. The van der Waals surface area contributed by atoms with Crippen LogP contribution in [0.15, 0.2) is 30.3 Å². The van der Waals surface area contributed by atoms with Gasteiger partial charge in [-0.1, -0.05) is 78.3 Å². The first-order valence-corrected chi connectivity index (χ1v) is 6.02. The summed E-state index contributed by atoms with van der Waals surface area (Å²) in [5, 5.41) is 0. The minimum Gasteiger partial charge on any atom is -0.0776 e. The molecule has 0 unspecified atom stereocenters. The van der Waals surface area contributed by atoms with Gasteiger partial charge in [0, 0.05) is 0 Å². The Labute approximate surface area is 103 Å². The van der Waals surface area contributed by atoms with Gasteiger partial charge in [0.25, 0.3) is 0 Å². The average Bonchev–Trinajstić information content (AvgIpc) is 2.34. The minimum absolute atomic E-state index is 0. The second-order valence-corrected chi connectivity index (χ2v) is 3.75. The first-order chi connectivity index (χ1) is 6.97. The molecule has 1 fully saturated rings. The second-order valence-electron chi connectivity index (χ2n) is 3.75. The van der Waals surface area contributed by atoms with Crippen molar-refractivity contribution in [3.8, 4) is 0 Å². The highest BCUT2D eigenvalue weighted by Crippen LogP contribution is 2.31. The van der Waals surface area contributed by atoms with E-state index in [0.29, 0.717) is 0 Å². The summed E-state index contributed by atoms with van der Waals surface area (Å²) in [5.74, 6) is 0.861. The van der Waals surface area contributed by atoms with E-state index < -0.39 is 0 Å². The van der Waals surface area contributed by atoms with Crippen molar-refractivity contribution in [3.05, 3.63) is 35.9 Å². The summed E-state index contributed by atoms with van der Waals surface area (Å²) in [7, 11) is 0. The van der Waals surface area contributed by atoms with Gasteiger partial charge in [-0.3, -0.25) is 0 Å². The van der Waals surface area contributed by atoms with Crippen LogP contribution in [0, 0.1) is 0 Å². The summed E-state index contributed by atoms with van der Waals surface area (Å²) in [6.07, 6.45) is 7.12.